The van der Waals surface area contributed by atoms with E-state index in [0.717, 1.165) is 11.8 Å². The maximum atomic E-state index is 13.1. The number of aliphatic hydroxyl groups is 1. The molecule has 0 saturated carbocycles. The Morgan fingerprint density at radius 1 is 1.16 bits per heavy atom. The zero-order valence-electron chi connectivity index (χ0n) is 18.8. The van der Waals surface area contributed by atoms with Crippen molar-refractivity contribution in [2.45, 2.75) is 39.3 Å². The van der Waals surface area contributed by atoms with Crippen molar-refractivity contribution in [2.75, 3.05) is 27.3 Å². The quantitative estimate of drug-likeness (QED) is 0.297. The number of hydrogen-bond acceptors (Lipinski definition) is 8. The number of hydrogen-bond donors (Lipinski definition) is 3. The highest BCUT2D eigenvalue weighted by molar-refractivity contribution is 7.50. The van der Waals surface area contributed by atoms with Crippen LogP contribution in [0.3, 0.4) is 0 Å². The van der Waals surface area contributed by atoms with Crippen LogP contribution >= 0.6 is 7.75 Å². The van der Waals surface area contributed by atoms with Gasteiger partial charge in [0, 0.05) is 18.5 Å². The highest BCUT2D eigenvalue weighted by atomic mass is 31.2. The molecule has 3 atom stereocenters. The SMILES string of the molecule is COC(=O)CCNC(=O)[C@H](O)C(C)(C)CN([C@@H](C)C(=O)OC)P(=O)(O)Oc1ccccc1. The first-order valence-corrected chi connectivity index (χ1v) is 11.3. The van der Waals surface area contributed by atoms with Crippen LogP contribution in [-0.2, 0) is 28.4 Å². The molecule has 0 radical (unpaired) electrons. The zero-order chi connectivity index (χ0) is 24.5. The van der Waals surface area contributed by atoms with Crippen LogP contribution in [0.15, 0.2) is 30.3 Å². The van der Waals surface area contributed by atoms with Gasteiger partial charge in [0.25, 0.3) is 0 Å². The van der Waals surface area contributed by atoms with Crippen LogP contribution in [0.1, 0.15) is 27.2 Å². The molecule has 0 saturated heterocycles. The number of benzene rings is 1. The third-order valence-corrected chi connectivity index (χ3v) is 6.28. The van der Waals surface area contributed by atoms with Crippen LogP contribution in [0.5, 0.6) is 5.75 Å². The Labute approximate surface area is 187 Å². The fraction of sp³-hybridized carbons (Fsp3) is 0.550. The van der Waals surface area contributed by atoms with Gasteiger partial charge in [0.05, 0.1) is 20.6 Å². The summed E-state index contributed by atoms with van der Waals surface area (Å²) in [4.78, 5) is 46.3. The molecule has 0 aliphatic rings. The number of rotatable bonds is 12. The van der Waals surface area contributed by atoms with Gasteiger partial charge in [0.2, 0.25) is 5.91 Å². The highest BCUT2D eigenvalue weighted by Crippen LogP contribution is 2.49. The molecule has 1 amide bonds. The Hall–Kier alpha value is -2.46. The van der Waals surface area contributed by atoms with Crippen molar-refractivity contribution in [1.29, 1.82) is 0 Å². The van der Waals surface area contributed by atoms with E-state index in [9.17, 15) is 28.9 Å². The molecule has 32 heavy (non-hydrogen) atoms. The number of ether oxygens (including phenoxy) is 2. The zero-order valence-corrected chi connectivity index (χ0v) is 19.7. The standard InChI is InChI=1S/C20H31N2O9P/c1-14(19(26)30-5)22(32(27,28)31-15-9-7-6-8-10-15)13-20(2,3)17(24)18(25)21-12-11-16(23)29-4/h6-10,14,17,24H,11-13H2,1-5H3,(H,21,25)(H,27,28)/t14-,17-/m0/s1. The van der Waals surface area contributed by atoms with Gasteiger partial charge >= 0.3 is 19.7 Å². The van der Waals surface area contributed by atoms with Crippen LogP contribution in [-0.4, -0.2) is 72.0 Å². The van der Waals surface area contributed by atoms with Crippen LogP contribution in [0.25, 0.3) is 0 Å². The molecular formula is C20H31N2O9P. The predicted octanol–water partition coefficient (Wildman–Crippen LogP) is 1.10. The molecule has 0 fully saturated rings. The molecule has 0 spiro atoms. The van der Waals surface area contributed by atoms with E-state index >= 15 is 0 Å². The minimum Gasteiger partial charge on any atom is -0.469 e. The third-order valence-electron chi connectivity index (χ3n) is 4.70. The van der Waals surface area contributed by atoms with Crippen molar-refractivity contribution in [2.24, 2.45) is 5.41 Å². The molecule has 12 heteroatoms. The fourth-order valence-corrected chi connectivity index (χ4v) is 4.33. The summed E-state index contributed by atoms with van der Waals surface area (Å²) in [6.07, 6.45) is -1.72. The van der Waals surface area contributed by atoms with E-state index in [1.165, 1.54) is 40.0 Å². The van der Waals surface area contributed by atoms with Crippen LogP contribution in [0.4, 0.5) is 0 Å². The number of amides is 1. The molecule has 0 heterocycles. The molecule has 1 rings (SSSR count). The molecule has 0 aliphatic heterocycles. The number of esters is 2. The molecular weight excluding hydrogens is 443 g/mol. The van der Waals surface area contributed by atoms with E-state index in [0.29, 0.717) is 0 Å². The summed E-state index contributed by atoms with van der Waals surface area (Å²) in [5.41, 5.74) is -1.31. The number of nitrogens with zero attached hydrogens (tertiary/aromatic N) is 1. The summed E-state index contributed by atoms with van der Waals surface area (Å²) in [6, 6.07) is 6.62. The first-order valence-electron chi connectivity index (χ1n) is 9.80. The number of para-hydroxylation sites is 1. The first-order chi connectivity index (χ1) is 14.9. The van der Waals surface area contributed by atoms with Crippen LogP contribution in [0.2, 0.25) is 0 Å². The van der Waals surface area contributed by atoms with E-state index in [1.807, 2.05) is 0 Å². The van der Waals surface area contributed by atoms with Gasteiger partial charge < -0.3 is 29.3 Å². The third kappa shape index (κ3) is 7.90. The topological polar surface area (TPSA) is 152 Å². The monoisotopic (exact) mass is 474 g/mol. The lowest BCUT2D eigenvalue weighted by Crippen LogP contribution is -2.51. The molecule has 180 valence electrons. The second-order valence-electron chi connectivity index (χ2n) is 7.70. The normalized spacial score (nSPS) is 15.2. The lowest BCUT2D eigenvalue weighted by atomic mass is 9.85. The maximum absolute atomic E-state index is 13.1. The van der Waals surface area contributed by atoms with Gasteiger partial charge in [-0.3, -0.25) is 14.4 Å². The van der Waals surface area contributed by atoms with Gasteiger partial charge in [-0.05, 0) is 19.1 Å². The molecule has 0 bridgehead atoms. The van der Waals surface area contributed by atoms with Gasteiger partial charge in [0.1, 0.15) is 17.9 Å². The minimum atomic E-state index is -4.62. The van der Waals surface area contributed by atoms with Crippen molar-refractivity contribution < 1.29 is 42.9 Å². The van der Waals surface area contributed by atoms with Gasteiger partial charge in [-0.2, -0.15) is 4.67 Å². The molecule has 1 unspecified atom stereocenters. The van der Waals surface area contributed by atoms with Gasteiger partial charge in [0.15, 0.2) is 0 Å². The average Bonchev–Trinajstić information content (AvgIpc) is 2.75. The summed E-state index contributed by atoms with van der Waals surface area (Å²) in [5, 5.41) is 13.0. The molecule has 1 aromatic carbocycles. The Bertz CT molecular complexity index is 832. The van der Waals surface area contributed by atoms with Crippen molar-refractivity contribution >= 4 is 25.6 Å². The summed E-state index contributed by atoms with van der Waals surface area (Å²) in [6.45, 7) is 3.88. The number of aliphatic hydroxyl groups excluding tert-OH is 1. The minimum absolute atomic E-state index is 0.0590. The molecule has 11 nitrogen and oxygen atoms in total. The number of carbonyl (C=O) groups excluding carboxylic acids is 3. The first kappa shape index (κ1) is 27.6. The van der Waals surface area contributed by atoms with Crippen LogP contribution in [0, 0.1) is 5.41 Å². The molecule has 0 aromatic heterocycles. The lowest BCUT2D eigenvalue weighted by molar-refractivity contribution is -0.146. The summed E-state index contributed by atoms with van der Waals surface area (Å²) in [5.74, 6) is -2.03. The Morgan fingerprint density at radius 2 is 1.75 bits per heavy atom. The van der Waals surface area contributed by atoms with E-state index < -0.39 is 43.2 Å². The molecule has 3 N–H and O–H groups in total. The second kappa shape index (κ2) is 12.0. The summed E-state index contributed by atoms with van der Waals surface area (Å²) in [7, 11) is -2.28. The number of methoxy groups -OCH3 is 2. The van der Waals surface area contributed by atoms with Crippen molar-refractivity contribution in [3.05, 3.63) is 30.3 Å². The smallest absolute Gasteiger partial charge is 0.459 e. The lowest BCUT2D eigenvalue weighted by Gasteiger charge is -2.38. The maximum Gasteiger partial charge on any atom is 0.459 e. The van der Waals surface area contributed by atoms with E-state index in [4.69, 9.17) is 9.26 Å². The number of nitrogens with one attached hydrogen (secondary N) is 1. The van der Waals surface area contributed by atoms with Gasteiger partial charge in [-0.15, -0.1) is 0 Å². The predicted molar refractivity (Wildman–Crippen MR) is 115 cm³/mol. The van der Waals surface area contributed by atoms with Crippen molar-refractivity contribution in [1.82, 2.24) is 9.99 Å². The molecule has 0 aliphatic carbocycles. The van der Waals surface area contributed by atoms with E-state index in [-0.39, 0.29) is 25.3 Å². The highest BCUT2D eigenvalue weighted by Gasteiger charge is 2.45. The number of carbonyl (C=O) groups is 3. The summed E-state index contributed by atoms with van der Waals surface area (Å²) < 4.78 is 28.4. The fourth-order valence-electron chi connectivity index (χ4n) is 2.75. The average molecular weight is 474 g/mol. The summed E-state index contributed by atoms with van der Waals surface area (Å²) >= 11 is 0. The Kier molecular flexibility index (Phi) is 10.3. The Morgan fingerprint density at radius 3 is 2.28 bits per heavy atom. The molecule has 1 aromatic rings. The van der Waals surface area contributed by atoms with E-state index in [1.54, 1.807) is 18.2 Å². The van der Waals surface area contributed by atoms with Crippen LogP contribution < -0.4 is 9.84 Å². The van der Waals surface area contributed by atoms with E-state index in [2.05, 4.69) is 10.1 Å². The van der Waals surface area contributed by atoms with Crippen molar-refractivity contribution in [3.8, 4) is 5.75 Å². The largest absolute Gasteiger partial charge is 0.469 e. The second-order valence-corrected chi connectivity index (χ2v) is 9.38. The van der Waals surface area contributed by atoms with Crippen molar-refractivity contribution in [3.63, 3.8) is 0 Å². The van der Waals surface area contributed by atoms with Gasteiger partial charge in [-0.25, -0.2) is 4.57 Å². The Balaban J connectivity index is 3.06. The van der Waals surface area contributed by atoms with Gasteiger partial charge in [-0.1, -0.05) is 32.0 Å².